The van der Waals surface area contributed by atoms with E-state index in [1.165, 1.54) is 5.56 Å². The molecule has 3 aromatic carbocycles. The minimum atomic E-state index is -0.442. The van der Waals surface area contributed by atoms with Gasteiger partial charge in [-0.1, -0.05) is 48.0 Å². The van der Waals surface area contributed by atoms with Gasteiger partial charge in [-0.2, -0.15) is 0 Å². The molecule has 7 rings (SSSR count). The van der Waals surface area contributed by atoms with E-state index >= 15 is 0 Å². The van der Waals surface area contributed by atoms with E-state index in [1.54, 1.807) is 25.3 Å². The van der Waals surface area contributed by atoms with E-state index in [2.05, 4.69) is 39.5 Å². The zero-order valence-electron chi connectivity index (χ0n) is 30.1. The van der Waals surface area contributed by atoms with Crippen LogP contribution in [0.15, 0.2) is 72.9 Å². The van der Waals surface area contributed by atoms with E-state index in [4.69, 9.17) is 21.1 Å². The SMILES string of the molecule is COc1cc(C(=O)N2CC3CN(C(=O)Cc4c[nH]c5cc(Cl)ccc45)CC(C(=O)N[C@@H]4CCCN(Cc5ccccc5)C4)C3C2)ccc1OC(C)C. The summed E-state index contributed by atoms with van der Waals surface area (Å²) in [5, 5.41) is 4.98. The molecule has 0 saturated carbocycles. The van der Waals surface area contributed by atoms with Gasteiger partial charge in [0.05, 0.1) is 25.6 Å². The van der Waals surface area contributed by atoms with Crippen molar-refractivity contribution >= 4 is 40.2 Å². The third-order valence-electron chi connectivity index (χ3n) is 10.8. The fourth-order valence-corrected chi connectivity index (χ4v) is 8.48. The smallest absolute Gasteiger partial charge is 0.254 e. The second kappa shape index (κ2) is 15.6. The Balaban J connectivity index is 1.09. The number of carbonyl (C=O) groups is 3. The number of aromatic amines is 1. The second-order valence-corrected chi connectivity index (χ2v) is 15.3. The van der Waals surface area contributed by atoms with Crippen molar-refractivity contribution in [2.24, 2.45) is 17.8 Å². The lowest BCUT2D eigenvalue weighted by Crippen LogP contribution is -2.56. The van der Waals surface area contributed by atoms with Crippen molar-refractivity contribution in [3.05, 3.63) is 94.6 Å². The van der Waals surface area contributed by atoms with Crippen molar-refractivity contribution in [1.29, 1.82) is 0 Å². The highest BCUT2D eigenvalue weighted by atomic mass is 35.5. The molecule has 1 aromatic heterocycles. The van der Waals surface area contributed by atoms with Crippen LogP contribution in [0.4, 0.5) is 0 Å². The van der Waals surface area contributed by atoms with E-state index < -0.39 is 5.92 Å². The molecule has 0 radical (unpaired) electrons. The maximum atomic E-state index is 14.3. The van der Waals surface area contributed by atoms with Crippen LogP contribution in [-0.2, 0) is 22.6 Å². The molecule has 3 amide bonds. The number of nitrogens with one attached hydrogen (secondary N) is 2. The van der Waals surface area contributed by atoms with Gasteiger partial charge in [0.15, 0.2) is 11.5 Å². The molecule has 4 heterocycles. The van der Waals surface area contributed by atoms with Crippen LogP contribution in [-0.4, -0.2) is 95.9 Å². The number of benzene rings is 3. The molecule has 3 aliphatic rings. The van der Waals surface area contributed by atoms with Crippen LogP contribution in [0.3, 0.4) is 0 Å². The lowest BCUT2D eigenvalue weighted by molar-refractivity contribution is -0.138. The van der Waals surface area contributed by atoms with Crippen LogP contribution in [0.1, 0.15) is 48.2 Å². The van der Waals surface area contributed by atoms with E-state index in [9.17, 15) is 14.4 Å². The summed E-state index contributed by atoms with van der Waals surface area (Å²) >= 11 is 6.20. The van der Waals surface area contributed by atoms with Crippen molar-refractivity contribution in [1.82, 2.24) is 25.0 Å². The molecular weight excluding hydrogens is 678 g/mol. The Morgan fingerprint density at radius 3 is 2.54 bits per heavy atom. The average Bonchev–Trinajstić information content (AvgIpc) is 3.75. The van der Waals surface area contributed by atoms with Crippen LogP contribution in [0.25, 0.3) is 10.9 Å². The lowest BCUT2D eigenvalue weighted by atomic mass is 9.79. The third kappa shape index (κ3) is 7.93. The first-order valence-corrected chi connectivity index (χ1v) is 18.8. The molecule has 11 heteroatoms. The van der Waals surface area contributed by atoms with E-state index in [0.29, 0.717) is 48.3 Å². The lowest BCUT2D eigenvalue weighted by Gasteiger charge is -2.41. The number of halogens is 1. The molecule has 274 valence electrons. The van der Waals surface area contributed by atoms with Crippen LogP contribution >= 0.6 is 11.6 Å². The van der Waals surface area contributed by atoms with Gasteiger partial charge in [-0.25, -0.2) is 0 Å². The van der Waals surface area contributed by atoms with Gasteiger partial charge >= 0.3 is 0 Å². The summed E-state index contributed by atoms with van der Waals surface area (Å²) in [7, 11) is 1.56. The molecule has 3 saturated heterocycles. The first-order valence-electron chi connectivity index (χ1n) is 18.4. The van der Waals surface area contributed by atoms with Gasteiger partial charge in [-0.15, -0.1) is 0 Å². The van der Waals surface area contributed by atoms with Gasteiger partial charge in [-0.05, 0) is 86.5 Å². The Kier molecular flexibility index (Phi) is 10.8. The maximum Gasteiger partial charge on any atom is 0.254 e. The van der Waals surface area contributed by atoms with Crippen LogP contribution in [0.5, 0.6) is 11.5 Å². The normalized spacial score (nSPS) is 22.0. The summed E-state index contributed by atoms with van der Waals surface area (Å²) < 4.78 is 11.4. The number of aromatic nitrogens is 1. The third-order valence-corrected chi connectivity index (χ3v) is 11.0. The van der Waals surface area contributed by atoms with Gasteiger partial charge in [0.2, 0.25) is 11.8 Å². The van der Waals surface area contributed by atoms with Gasteiger partial charge in [0.1, 0.15) is 0 Å². The highest BCUT2D eigenvalue weighted by Gasteiger charge is 2.48. The zero-order valence-corrected chi connectivity index (χ0v) is 30.9. The van der Waals surface area contributed by atoms with Crippen molar-refractivity contribution in [2.45, 2.75) is 51.8 Å². The Hall–Kier alpha value is -4.54. The van der Waals surface area contributed by atoms with E-state index in [1.807, 2.05) is 54.1 Å². The molecular formula is C41H48ClN5O5. The van der Waals surface area contributed by atoms with Gasteiger partial charge in [0.25, 0.3) is 5.91 Å². The molecule has 3 unspecified atom stereocenters. The van der Waals surface area contributed by atoms with Gasteiger partial charge in [-0.3, -0.25) is 19.3 Å². The summed E-state index contributed by atoms with van der Waals surface area (Å²) in [6.07, 6.45) is 3.94. The topological polar surface area (TPSA) is 107 Å². The molecule has 52 heavy (non-hydrogen) atoms. The number of hydrogen-bond donors (Lipinski definition) is 2. The Bertz CT molecular complexity index is 1910. The Morgan fingerprint density at radius 1 is 0.942 bits per heavy atom. The number of amides is 3. The number of carbonyl (C=O) groups excluding carboxylic acids is 3. The molecule has 4 aromatic rings. The van der Waals surface area contributed by atoms with Crippen LogP contribution < -0.4 is 14.8 Å². The molecule has 3 fully saturated rings. The first-order chi connectivity index (χ1) is 25.1. The number of ether oxygens (including phenoxy) is 2. The minimum absolute atomic E-state index is 0.0192. The number of H-pyrrole nitrogens is 1. The number of methoxy groups -OCH3 is 1. The fraction of sp³-hybridized carbons (Fsp3) is 0.439. The molecule has 0 bridgehead atoms. The summed E-state index contributed by atoms with van der Waals surface area (Å²) in [4.78, 5) is 51.6. The predicted molar refractivity (Wildman–Crippen MR) is 202 cm³/mol. The van der Waals surface area contributed by atoms with E-state index in [0.717, 1.165) is 48.9 Å². The van der Waals surface area contributed by atoms with Crippen molar-refractivity contribution in [3.8, 4) is 11.5 Å². The molecule has 10 nitrogen and oxygen atoms in total. The molecule has 3 aliphatic heterocycles. The molecule has 0 spiro atoms. The number of fused-ring (bicyclic) bond motifs is 2. The molecule has 2 N–H and O–H groups in total. The van der Waals surface area contributed by atoms with Gasteiger partial charge < -0.3 is 29.6 Å². The number of hydrogen-bond acceptors (Lipinski definition) is 6. The van der Waals surface area contributed by atoms with Gasteiger partial charge in [0, 0.05) is 73.0 Å². The molecule has 0 aliphatic carbocycles. The van der Waals surface area contributed by atoms with Crippen molar-refractivity contribution in [3.63, 3.8) is 0 Å². The zero-order chi connectivity index (χ0) is 36.4. The number of likely N-dealkylation sites (tertiary alicyclic amines) is 3. The minimum Gasteiger partial charge on any atom is -0.493 e. The first kappa shape index (κ1) is 35.8. The monoisotopic (exact) mass is 725 g/mol. The number of piperidine rings is 2. The predicted octanol–water partition coefficient (Wildman–Crippen LogP) is 5.79. The maximum absolute atomic E-state index is 14.3. The number of nitrogens with zero attached hydrogens (tertiary/aromatic N) is 3. The standard InChI is InChI=1S/C41H48ClN5O5/c1-26(2)52-37-14-11-28(16-38(37)51-3)41(50)47-22-30-21-46(39(48)17-29-19-43-36-18-31(42)12-13-33(29)36)25-35(34(30)24-47)40(49)44-32-10-7-15-45(23-32)20-27-8-5-4-6-9-27/h4-6,8-9,11-14,16,18-19,26,30,32,34-35,43H,7,10,15,17,20-25H2,1-3H3,(H,44,49)/t30?,32-,34?,35?/m1/s1. The average molecular weight is 726 g/mol. The quantitative estimate of drug-likeness (QED) is 0.215. The summed E-state index contributed by atoms with van der Waals surface area (Å²) in [5.74, 6) is 0.339. The van der Waals surface area contributed by atoms with Crippen LogP contribution in [0, 0.1) is 17.8 Å². The fourth-order valence-electron chi connectivity index (χ4n) is 8.30. The number of rotatable bonds is 10. The highest BCUT2D eigenvalue weighted by Crippen LogP contribution is 2.38. The van der Waals surface area contributed by atoms with Crippen molar-refractivity contribution in [2.75, 3.05) is 46.4 Å². The highest BCUT2D eigenvalue weighted by molar-refractivity contribution is 6.31. The molecule has 4 atom stereocenters. The Morgan fingerprint density at radius 2 is 1.75 bits per heavy atom. The second-order valence-electron chi connectivity index (χ2n) is 14.8. The van der Waals surface area contributed by atoms with E-state index in [-0.39, 0.29) is 48.1 Å². The summed E-state index contributed by atoms with van der Waals surface area (Å²) in [5.41, 5.74) is 3.53. The summed E-state index contributed by atoms with van der Waals surface area (Å²) in [6, 6.07) is 21.3. The summed E-state index contributed by atoms with van der Waals surface area (Å²) in [6.45, 7) is 8.21. The largest absolute Gasteiger partial charge is 0.493 e. The van der Waals surface area contributed by atoms with Crippen molar-refractivity contribution < 1.29 is 23.9 Å². The van der Waals surface area contributed by atoms with Crippen LogP contribution in [0.2, 0.25) is 5.02 Å². The Labute approximate surface area is 310 Å².